The van der Waals surface area contributed by atoms with Gasteiger partial charge in [0.15, 0.2) is 0 Å². The van der Waals surface area contributed by atoms with Gasteiger partial charge in [0.05, 0.1) is 12.7 Å². The highest BCUT2D eigenvalue weighted by Gasteiger charge is 2.28. The number of nitrogens with one attached hydrogen (secondary N) is 1. The minimum Gasteiger partial charge on any atom is -0.496 e. The van der Waals surface area contributed by atoms with E-state index in [4.69, 9.17) is 10.5 Å². The summed E-state index contributed by atoms with van der Waals surface area (Å²) in [4.78, 5) is 12.2. The maximum atomic E-state index is 12.2. The van der Waals surface area contributed by atoms with E-state index in [0.717, 1.165) is 19.3 Å². The van der Waals surface area contributed by atoms with Crippen LogP contribution in [0.1, 0.15) is 29.6 Å². The topological polar surface area (TPSA) is 64.3 Å². The van der Waals surface area contributed by atoms with Crippen LogP contribution in [0.5, 0.6) is 5.75 Å². The summed E-state index contributed by atoms with van der Waals surface area (Å²) in [5.41, 5.74) is 6.30. The molecule has 0 heterocycles. The Labute approximate surface area is 120 Å². The Hall–Kier alpha value is -1.26. The summed E-state index contributed by atoms with van der Waals surface area (Å²) in [6.45, 7) is 0.636. The number of amides is 1. The fourth-order valence-electron chi connectivity index (χ4n) is 2.59. The van der Waals surface area contributed by atoms with E-state index in [1.807, 2.05) is 12.1 Å². The van der Waals surface area contributed by atoms with Crippen LogP contribution in [0, 0.1) is 5.92 Å². The van der Waals surface area contributed by atoms with Crippen molar-refractivity contribution in [3.63, 3.8) is 0 Å². The van der Waals surface area contributed by atoms with E-state index >= 15 is 0 Å². The first-order valence-electron chi connectivity index (χ1n) is 6.40. The van der Waals surface area contributed by atoms with E-state index in [1.54, 1.807) is 19.2 Å². The number of carbonyl (C=O) groups excluding carboxylic acids is 1. The molecule has 0 aromatic heterocycles. The predicted octanol–water partition coefficient (Wildman–Crippen LogP) is 1.97. The van der Waals surface area contributed by atoms with Gasteiger partial charge in [-0.05, 0) is 37.4 Å². The molecule has 106 valence electrons. The SMILES string of the molecule is COc1ccccc1C(=O)NC1CCCC1CN.Cl. The second kappa shape index (κ2) is 7.36. The lowest BCUT2D eigenvalue weighted by Crippen LogP contribution is -2.39. The molecule has 1 aromatic carbocycles. The van der Waals surface area contributed by atoms with Crippen molar-refractivity contribution < 1.29 is 9.53 Å². The highest BCUT2D eigenvalue weighted by atomic mass is 35.5. The largest absolute Gasteiger partial charge is 0.496 e. The van der Waals surface area contributed by atoms with Gasteiger partial charge >= 0.3 is 0 Å². The molecule has 3 N–H and O–H groups in total. The quantitative estimate of drug-likeness (QED) is 0.888. The number of benzene rings is 1. The third kappa shape index (κ3) is 3.61. The Morgan fingerprint density at radius 2 is 2.16 bits per heavy atom. The smallest absolute Gasteiger partial charge is 0.255 e. The number of hydrogen-bond acceptors (Lipinski definition) is 3. The van der Waals surface area contributed by atoms with Gasteiger partial charge in [-0.15, -0.1) is 12.4 Å². The van der Waals surface area contributed by atoms with Crippen molar-refractivity contribution in [1.82, 2.24) is 5.32 Å². The van der Waals surface area contributed by atoms with Crippen LogP contribution in [0.4, 0.5) is 0 Å². The van der Waals surface area contributed by atoms with E-state index in [2.05, 4.69) is 5.32 Å². The van der Waals surface area contributed by atoms with Gasteiger partial charge in [0.2, 0.25) is 0 Å². The third-order valence-electron chi connectivity index (χ3n) is 3.63. The van der Waals surface area contributed by atoms with Crippen molar-refractivity contribution in [3.8, 4) is 5.75 Å². The maximum Gasteiger partial charge on any atom is 0.255 e. The Balaban J connectivity index is 0.00000180. The van der Waals surface area contributed by atoms with E-state index in [0.29, 0.717) is 23.8 Å². The molecule has 2 rings (SSSR count). The predicted molar refractivity (Wildman–Crippen MR) is 77.9 cm³/mol. The Morgan fingerprint density at radius 3 is 2.84 bits per heavy atom. The monoisotopic (exact) mass is 284 g/mol. The molecule has 0 bridgehead atoms. The lowest BCUT2D eigenvalue weighted by Gasteiger charge is -2.20. The normalized spacial score (nSPS) is 21.6. The fourth-order valence-corrected chi connectivity index (χ4v) is 2.59. The zero-order valence-corrected chi connectivity index (χ0v) is 11.9. The molecular weight excluding hydrogens is 264 g/mol. The Morgan fingerprint density at radius 1 is 1.42 bits per heavy atom. The minimum atomic E-state index is -0.0715. The van der Waals surface area contributed by atoms with Gasteiger partial charge in [-0.25, -0.2) is 0 Å². The highest BCUT2D eigenvalue weighted by Crippen LogP contribution is 2.25. The molecule has 0 radical (unpaired) electrons. The zero-order valence-electron chi connectivity index (χ0n) is 11.1. The number of methoxy groups -OCH3 is 1. The highest BCUT2D eigenvalue weighted by molar-refractivity contribution is 5.97. The van der Waals surface area contributed by atoms with Crippen molar-refractivity contribution in [2.24, 2.45) is 11.7 Å². The van der Waals surface area contributed by atoms with E-state index in [1.165, 1.54) is 0 Å². The summed E-state index contributed by atoms with van der Waals surface area (Å²) in [5.74, 6) is 0.943. The molecular formula is C14H21ClN2O2. The number of hydrogen-bond donors (Lipinski definition) is 2. The van der Waals surface area contributed by atoms with Crippen molar-refractivity contribution >= 4 is 18.3 Å². The first-order chi connectivity index (χ1) is 8.76. The zero-order chi connectivity index (χ0) is 13.0. The fraction of sp³-hybridized carbons (Fsp3) is 0.500. The van der Waals surface area contributed by atoms with Gasteiger partial charge in [-0.3, -0.25) is 4.79 Å². The van der Waals surface area contributed by atoms with Gasteiger partial charge in [0, 0.05) is 6.04 Å². The van der Waals surface area contributed by atoms with Crippen LogP contribution in [0.3, 0.4) is 0 Å². The van der Waals surface area contributed by atoms with E-state index in [-0.39, 0.29) is 24.4 Å². The van der Waals surface area contributed by atoms with Crippen molar-refractivity contribution in [2.75, 3.05) is 13.7 Å². The summed E-state index contributed by atoms with van der Waals surface area (Å²) in [7, 11) is 1.57. The summed E-state index contributed by atoms with van der Waals surface area (Å²) >= 11 is 0. The first kappa shape index (κ1) is 15.8. The molecule has 1 aliphatic carbocycles. The summed E-state index contributed by atoms with van der Waals surface area (Å²) in [5, 5.41) is 3.07. The molecule has 1 aromatic rings. The molecule has 1 fully saturated rings. The first-order valence-corrected chi connectivity index (χ1v) is 6.40. The second-order valence-corrected chi connectivity index (χ2v) is 4.71. The molecule has 1 saturated carbocycles. The number of nitrogens with two attached hydrogens (primary N) is 1. The van der Waals surface area contributed by atoms with Gasteiger partial charge in [-0.1, -0.05) is 18.6 Å². The molecule has 0 aliphatic heterocycles. The third-order valence-corrected chi connectivity index (χ3v) is 3.63. The lowest BCUT2D eigenvalue weighted by atomic mass is 10.0. The van der Waals surface area contributed by atoms with Gasteiger partial charge in [-0.2, -0.15) is 0 Å². The van der Waals surface area contributed by atoms with Crippen LogP contribution in [-0.4, -0.2) is 25.6 Å². The number of rotatable bonds is 4. The average Bonchev–Trinajstić information content (AvgIpc) is 2.85. The van der Waals surface area contributed by atoms with Crippen LogP contribution >= 0.6 is 12.4 Å². The minimum absolute atomic E-state index is 0. The van der Waals surface area contributed by atoms with Gasteiger partial charge in [0.1, 0.15) is 5.75 Å². The van der Waals surface area contributed by atoms with Crippen LogP contribution in [0.25, 0.3) is 0 Å². The number of carbonyl (C=O) groups is 1. The molecule has 2 unspecified atom stereocenters. The van der Waals surface area contributed by atoms with Crippen LogP contribution < -0.4 is 15.8 Å². The summed E-state index contributed by atoms with van der Waals surface area (Å²) < 4.78 is 5.20. The molecule has 1 aliphatic rings. The van der Waals surface area contributed by atoms with Crippen LogP contribution in [0.15, 0.2) is 24.3 Å². The van der Waals surface area contributed by atoms with Crippen molar-refractivity contribution in [2.45, 2.75) is 25.3 Å². The number of ether oxygens (including phenoxy) is 1. The standard InChI is InChI=1S/C14H20N2O2.ClH/c1-18-13-8-3-2-6-11(13)14(17)16-12-7-4-5-10(12)9-15;/h2-3,6,8,10,12H,4-5,7,9,15H2,1H3,(H,16,17);1H. The molecule has 19 heavy (non-hydrogen) atoms. The van der Waals surface area contributed by atoms with E-state index in [9.17, 15) is 4.79 Å². The average molecular weight is 285 g/mol. The van der Waals surface area contributed by atoms with Gasteiger partial charge in [0.25, 0.3) is 5.91 Å². The van der Waals surface area contributed by atoms with Crippen molar-refractivity contribution in [1.29, 1.82) is 0 Å². The molecule has 0 saturated heterocycles. The maximum absolute atomic E-state index is 12.2. The Bertz CT molecular complexity index is 426. The molecule has 4 nitrogen and oxygen atoms in total. The van der Waals surface area contributed by atoms with Crippen LogP contribution in [-0.2, 0) is 0 Å². The van der Waals surface area contributed by atoms with E-state index < -0.39 is 0 Å². The summed E-state index contributed by atoms with van der Waals surface area (Å²) in [6, 6.07) is 7.47. The molecule has 1 amide bonds. The lowest BCUT2D eigenvalue weighted by molar-refractivity contribution is 0.0925. The summed E-state index contributed by atoms with van der Waals surface area (Å²) in [6.07, 6.45) is 3.26. The molecule has 2 atom stereocenters. The van der Waals surface area contributed by atoms with Crippen LogP contribution in [0.2, 0.25) is 0 Å². The molecule has 5 heteroatoms. The van der Waals surface area contributed by atoms with Crippen molar-refractivity contribution in [3.05, 3.63) is 29.8 Å². The Kier molecular flexibility index (Phi) is 6.12. The number of para-hydroxylation sites is 1. The second-order valence-electron chi connectivity index (χ2n) is 4.71. The van der Waals surface area contributed by atoms with Gasteiger partial charge < -0.3 is 15.8 Å². The number of halogens is 1. The molecule has 0 spiro atoms.